The molecule has 0 saturated carbocycles. The lowest BCUT2D eigenvalue weighted by atomic mass is 10.2. The molecule has 1 heterocycles. The van der Waals surface area contributed by atoms with Crippen molar-refractivity contribution in [2.45, 2.75) is 19.3 Å². The number of rotatable bonds is 7. The average molecular weight is 329 g/mol. The van der Waals surface area contributed by atoms with Gasteiger partial charge in [0, 0.05) is 31.5 Å². The van der Waals surface area contributed by atoms with Crippen molar-refractivity contribution in [3.8, 4) is 5.69 Å². The summed E-state index contributed by atoms with van der Waals surface area (Å²) in [6, 6.07) is 9.90. The molecule has 1 aliphatic carbocycles. The molecule has 0 aliphatic heterocycles. The Morgan fingerprint density at radius 1 is 1.29 bits per heavy atom. The zero-order valence-electron chi connectivity index (χ0n) is 13.9. The molecular weight excluding hydrogens is 306 g/mol. The Labute approximate surface area is 141 Å². The van der Waals surface area contributed by atoms with Crippen LogP contribution < -0.4 is 0 Å². The van der Waals surface area contributed by atoms with E-state index in [1.54, 1.807) is 12.0 Å². The summed E-state index contributed by atoms with van der Waals surface area (Å²) >= 11 is 0. The molecule has 0 atom stereocenters. The van der Waals surface area contributed by atoms with Crippen LogP contribution in [0.15, 0.2) is 30.3 Å². The number of methoxy groups -OCH3 is 1. The number of para-hydroxylation sites is 1. The van der Waals surface area contributed by atoms with Gasteiger partial charge in [-0.3, -0.25) is 4.79 Å². The molecule has 1 aromatic carbocycles. The van der Waals surface area contributed by atoms with Gasteiger partial charge < -0.3 is 14.7 Å². The number of hydrogen-bond acceptors (Lipinski definition) is 4. The van der Waals surface area contributed by atoms with Crippen molar-refractivity contribution in [3.05, 3.63) is 47.3 Å². The molecule has 1 N–H and O–H groups in total. The zero-order chi connectivity index (χ0) is 16.9. The van der Waals surface area contributed by atoms with Crippen LogP contribution in [-0.4, -0.2) is 59.1 Å². The number of ether oxygens (including phenoxy) is 1. The standard InChI is InChI=1S/C18H23N3O3/c1-24-13-11-20(10-12-22)18(23)17-15-8-5-9-16(15)21(19-17)14-6-3-2-4-7-14/h2-4,6-7,22H,5,8-13H2,1H3. The molecule has 6 heteroatoms. The Morgan fingerprint density at radius 3 is 2.79 bits per heavy atom. The number of amides is 1. The molecule has 6 nitrogen and oxygen atoms in total. The van der Waals surface area contributed by atoms with Gasteiger partial charge in [-0.15, -0.1) is 0 Å². The Kier molecular flexibility index (Phi) is 5.27. The van der Waals surface area contributed by atoms with E-state index >= 15 is 0 Å². The van der Waals surface area contributed by atoms with Crippen molar-refractivity contribution in [1.29, 1.82) is 0 Å². The van der Waals surface area contributed by atoms with Crippen LogP contribution in [0.1, 0.15) is 28.2 Å². The molecule has 1 amide bonds. The van der Waals surface area contributed by atoms with E-state index in [9.17, 15) is 9.90 Å². The third-order valence-electron chi connectivity index (χ3n) is 4.36. The SMILES string of the molecule is COCCN(CCO)C(=O)c1nn(-c2ccccc2)c2c1CCC2. The second kappa shape index (κ2) is 7.59. The lowest BCUT2D eigenvalue weighted by molar-refractivity contribution is 0.0649. The number of carbonyl (C=O) groups is 1. The van der Waals surface area contributed by atoms with Gasteiger partial charge in [0.1, 0.15) is 0 Å². The first-order valence-corrected chi connectivity index (χ1v) is 8.31. The van der Waals surface area contributed by atoms with Crippen molar-refractivity contribution >= 4 is 5.91 Å². The topological polar surface area (TPSA) is 67.6 Å². The highest BCUT2D eigenvalue weighted by molar-refractivity contribution is 5.94. The number of carbonyl (C=O) groups excluding carboxylic acids is 1. The highest BCUT2D eigenvalue weighted by atomic mass is 16.5. The Hall–Kier alpha value is -2.18. The van der Waals surface area contributed by atoms with Gasteiger partial charge in [0.05, 0.1) is 18.9 Å². The Bertz CT molecular complexity index is 697. The van der Waals surface area contributed by atoms with Gasteiger partial charge in [0.2, 0.25) is 0 Å². The van der Waals surface area contributed by atoms with E-state index in [0.717, 1.165) is 36.2 Å². The molecule has 2 aromatic rings. The van der Waals surface area contributed by atoms with E-state index in [4.69, 9.17) is 4.74 Å². The van der Waals surface area contributed by atoms with Gasteiger partial charge >= 0.3 is 0 Å². The van der Waals surface area contributed by atoms with Crippen LogP contribution in [0.3, 0.4) is 0 Å². The maximum atomic E-state index is 12.9. The highest BCUT2D eigenvalue weighted by Gasteiger charge is 2.29. The fraction of sp³-hybridized carbons (Fsp3) is 0.444. The minimum atomic E-state index is -0.131. The Morgan fingerprint density at radius 2 is 2.08 bits per heavy atom. The van der Waals surface area contributed by atoms with Gasteiger partial charge in [-0.1, -0.05) is 18.2 Å². The average Bonchev–Trinajstić information content (AvgIpc) is 3.21. The van der Waals surface area contributed by atoms with Crippen molar-refractivity contribution in [2.24, 2.45) is 0 Å². The predicted molar refractivity (Wildman–Crippen MR) is 90.5 cm³/mol. The van der Waals surface area contributed by atoms with Crippen molar-refractivity contribution in [2.75, 3.05) is 33.4 Å². The van der Waals surface area contributed by atoms with E-state index in [1.807, 2.05) is 35.0 Å². The van der Waals surface area contributed by atoms with Gasteiger partial charge in [0.15, 0.2) is 5.69 Å². The number of nitrogens with zero attached hydrogens (tertiary/aromatic N) is 3. The first-order chi connectivity index (χ1) is 11.8. The summed E-state index contributed by atoms with van der Waals surface area (Å²) in [5.74, 6) is -0.131. The molecule has 3 rings (SSSR count). The monoisotopic (exact) mass is 329 g/mol. The van der Waals surface area contributed by atoms with Gasteiger partial charge in [-0.05, 0) is 31.4 Å². The molecule has 1 aliphatic rings. The van der Waals surface area contributed by atoms with E-state index < -0.39 is 0 Å². The van der Waals surface area contributed by atoms with E-state index in [1.165, 1.54) is 0 Å². The molecule has 24 heavy (non-hydrogen) atoms. The number of aromatic nitrogens is 2. The number of benzene rings is 1. The van der Waals surface area contributed by atoms with Crippen LogP contribution in [0.25, 0.3) is 5.69 Å². The largest absolute Gasteiger partial charge is 0.395 e. The van der Waals surface area contributed by atoms with Gasteiger partial charge in [0.25, 0.3) is 5.91 Å². The van der Waals surface area contributed by atoms with Crippen LogP contribution in [0.4, 0.5) is 0 Å². The highest BCUT2D eigenvalue weighted by Crippen LogP contribution is 2.28. The summed E-state index contributed by atoms with van der Waals surface area (Å²) in [6.07, 6.45) is 2.85. The molecular formula is C18H23N3O3. The maximum absolute atomic E-state index is 12.9. The smallest absolute Gasteiger partial charge is 0.274 e. The number of fused-ring (bicyclic) bond motifs is 1. The van der Waals surface area contributed by atoms with Gasteiger partial charge in [-0.25, -0.2) is 4.68 Å². The van der Waals surface area contributed by atoms with E-state index in [-0.39, 0.29) is 19.1 Å². The van der Waals surface area contributed by atoms with Crippen molar-refractivity contribution < 1.29 is 14.6 Å². The lowest BCUT2D eigenvalue weighted by Gasteiger charge is -2.20. The molecule has 0 bridgehead atoms. The predicted octanol–water partition coefficient (Wildman–Crippen LogP) is 1.44. The molecule has 0 fully saturated rings. The molecule has 0 saturated heterocycles. The van der Waals surface area contributed by atoms with E-state index in [0.29, 0.717) is 18.8 Å². The Balaban J connectivity index is 1.95. The molecule has 0 spiro atoms. The van der Waals surface area contributed by atoms with Crippen LogP contribution in [0.5, 0.6) is 0 Å². The third-order valence-corrected chi connectivity index (χ3v) is 4.36. The van der Waals surface area contributed by atoms with Crippen LogP contribution in [-0.2, 0) is 17.6 Å². The van der Waals surface area contributed by atoms with Crippen LogP contribution >= 0.6 is 0 Å². The minimum absolute atomic E-state index is 0.0724. The molecule has 128 valence electrons. The first-order valence-electron chi connectivity index (χ1n) is 8.31. The van der Waals surface area contributed by atoms with Gasteiger partial charge in [-0.2, -0.15) is 5.10 Å². The number of hydrogen-bond donors (Lipinski definition) is 1. The summed E-state index contributed by atoms with van der Waals surface area (Å²) in [5.41, 5.74) is 3.65. The minimum Gasteiger partial charge on any atom is -0.395 e. The number of aliphatic hydroxyl groups is 1. The van der Waals surface area contributed by atoms with E-state index in [2.05, 4.69) is 5.10 Å². The number of aliphatic hydroxyl groups excluding tert-OH is 1. The quantitative estimate of drug-likeness (QED) is 0.835. The summed E-state index contributed by atoms with van der Waals surface area (Å²) < 4.78 is 6.96. The summed E-state index contributed by atoms with van der Waals surface area (Å²) in [7, 11) is 1.60. The van der Waals surface area contributed by atoms with Crippen LogP contribution in [0.2, 0.25) is 0 Å². The summed E-state index contributed by atoms with van der Waals surface area (Å²) in [6.45, 7) is 1.10. The molecule has 0 unspecified atom stereocenters. The summed E-state index contributed by atoms with van der Waals surface area (Å²) in [5, 5.41) is 13.9. The van der Waals surface area contributed by atoms with Crippen molar-refractivity contribution in [3.63, 3.8) is 0 Å². The normalized spacial score (nSPS) is 13.1. The van der Waals surface area contributed by atoms with Crippen LogP contribution in [0, 0.1) is 0 Å². The fourth-order valence-corrected chi connectivity index (χ4v) is 3.18. The second-order valence-electron chi connectivity index (χ2n) is 5.88. The molecule has 1 aromatic heterocycles. The third kappa shape index (κ3) is 3.20. The second-order valence-corrected chi connectivity index (χ2v) is 5.88. The van der Waals surface area contributed by atoms with Crippen molar-refractivity contribution in [1.82, 2.24) is 14.7 Å². The zero-order valence-corrected chi connectivity index (χ0v) is 13.9. The molecule has 0 radical (unpaired) electrons. The fourth-order valence-electron chi connectivity index (χ4n) is 3.18. The lowest BCUT2D eigenvalue weighted by Crippen LogP contribution is -2.36. The summed E-state index contributed by atoms with van der Waals surface area (Å²) in [4.78, 5) is 14.5. The first kappa shape index (κ1) is 16.7. The maximum Gasteiger partial charge on any atom is 0.274 e.